The van der Waals surface area contributed by atoms with E-state index < -0.39 is 30.7 Å². The molecule has 3 aromatic rings. The summed E-state index contributed by atoms with van der Waals surface area (Å²) in [6.45, 7) is 2.27. The average Bonchev–Trinajstić information content (AvgIpc) is 2.87. The lowest BCUT2D eigenvalue weighted by Gasteiger charge is -2.41. The van der Waals surface area contributed by atoms with E-state index in [0.29, 0.717) is 25.0 Å². The minimum absolute atomic E-state index is 0.0299. The van der Waals surface area contributed by atoms with Crippen molar-refractivity contribution in [1.29, 1.82) is 0 Å². The molecule has 2 N–H and O–H groups in total. The van der Waals surface area contributed by atoms with Crippen LogP contribution in [-0.4, -0.2) is 50.2 Å². The number of hydrogen-bond acceptors (Lipinski definition) is 6. The molecule has 38 heavy (non-hydrogen) atoms. The summed E-state index contributed by atoms with van der Waals surface area (Å²) in [6.07, 6.45) is -3.00. The van der Waals surface area contributed by atoms with Crippen LogP contribution in [0.3, 0.4) is 0 Å². The summed E-state index contributed by atoms with van der Waals surface area (Å²) >= 11 is 6.34. The van der Waals surface area contributed by atoms with Crippen molar-refractivity contribution < 1.29 is 27.1 Å². The van der Waals surface area contributed by atoms with Gasteiger partial charge >= 0.3 is 12.2 Å². The normalized spacial score (nSPS) is 17.2. The molecule has 1 aliphatic rings. The second kappa shape index (κ2) is 10.9. The Kier molecular flexibility index (Phi) is 7.86. The Morgan fingerprint density at radius 1 is 1.21 bits per heavy atom. The van der Waals surface area contributed by atoms with E-state index in [1.165, 1.54) is 18.2 Å². The number of H-pyrrole nitrogens is 1. The summed E-state index contributed by atoms with van der Waals surface area (Å²) in [6, 6.07) is 4.95. The number of nitrogens with zero attached hydrogens (tertiary/aromatic N) is 4. The van der Waals surface area contributed by atoms with Crippen molar-refractivity contribution in [3.63, 3.8) is 0 Å². The molecule has 0 radical (unpaired) electrons. The van der Waals surface area contributed by atoms with E-state index in [0.717, 1.165) is 17.7 Å². The zero-order chi connectivity index (χ0) is 27.6. The first-order valence-corrected chi connectivity index (χ1v) is 12.1. The number of hydrogen-bond donors (Lipinski definition) is 2. The average molecular weight is 555 g/mol. The van der Waals surface area contributed by atoms with Gasteiger partial charge in [-0.25, -0.2) is 14.3 Å². The number of aromatic amines is 1. The number of urea groups is 1. The van der Waals surface area contributed by atoms with Crippen LogP contribution in [0.2, 0.25) is 5.02 Å². The largest absolute Gasteiger partial charge is 0.467 e. The second-order valence-corrected chi connectivity index (χ2v) is 9.05. The number of aromatic nitrogens is 4. The molecule has 9 nitrogen and oxygen atoms in total. The van der Waals surface area contributed by atoms with Gasteiger partial charge < -0.3 is 15.0 Å². The van der Waals surface area contributed by atoms with E-state index in [4.69, 9.17) is 11.6 Å². The van der Waals surface area contributed by atoms with Crippen LogP contribution in [-0.2, 0) is 6.42 Å². The van der Waals surface area contributed by atoms with Gasteiger partial charge in [0.25, 0.3) is 5.56 Å². The Labute approximate surface area is 219 Å². The highest BCUT2D eigenvalue weighted by Gasteiger charge is 2.37. The van der Waals surface area contributed by atoms with Gasteiger partial charge in [0, 0.05) is 23.7 Å². The third-order valence-corrected chi connectivity index (χ3v) is 6.42. The molecule has 4 rings (SSSR count). The Bertz CT molecular complexity index is 1380. The Morgan fingerprint density at radius 2 is 1.97 bits per heavy atom. The minimum atomic E-state index is -4.53. The van der Waals surface area contributed by atoms with Crippen LogP contribution in [0.1, 0.15) is 44.0 Å². The fraction of sp³-hybridized carbons (Fsp3) is 0.375. The molecule has 0 aliphatic carbocycles. The van der Waals surface area contributed by atoms with Gasteiger partial charge in [-0.05, 0) is 43.0 Å². The molecular weight excluding hydrogens is 532 g/mol. The molecular formula is C24H23ClF4N6O3. The number of alkyl halides is 3. The fourth-order valence-electron chi connectivity index (χ4n) is 4.40. The zero-order valence-corrected chi connectivity index (χ0v) is 21.0. The number of halogens is 5. The van der Waals surface area contributed by atoms with E-state index >= 15 is 4.39 Å². The molecule has 0 saturated carbocycles. The lowest BCUT2D eigenvalue weighted by molar-refractivity contribution is -0.154. The van der Waals surface area contributed by atoms with Crippen molar-refractivity contribution in [3.05, 3.63) is 62.8 Å². The van der Waals surface area contributed by atoms with Crippen molar-refractivity contribution in [2.75, 3.05) is 11.9 Å². The Hall–Kier alpha value is -3.74. The van der Waals surface area contributed by atoms with E-state index in [1.807, 2.05) is 13.8 Å². The molecule has 2 unspecified atom stereocenters. The maximum absolute atomic E-state index is 15.1. The van der Waals surface area contributed by atoms with E-state index in [1.54, 1.807) is 4.90 Å². The van der Waals surface area contributed by atoms with Crippen LogP contribution >= 0.6 is 11.6 Å². The van der Waals surface area contributed by atoms with Gasteiger partial charge in [-0.1, -0.05) is 25.4 Å². The highest BCUT2D eigenvalue weighted by atomic mass is 35.5. The van der Waals surface area contributed by atoms with Crippen molar-refractivity contribution >= 4 is 23.3 Å². The minimum Gasteiger partial charge on any atom is -0.467 e. The maximum atomic E-state index is 15.1. The van der Waals surface area contributed by atoms with Crippen LogP contribution < -0.4 is 15.6 Å². The molecule has 2 aromatic heterocycles. The second-order valence-electron chi connectivity index (χ2n) is 8.64. The number of fused-ring (bicyclic) bond motifs is 1. The van der Waals surface area contributed by atoms with Crippen molar-refractivity contribution in [3.8, 4) is 17.1 Å². The maximum Gasteiger partial charge on any atom is 0.422 e. The molecule has 14 heteroatoms. The lowest BCUT2D eigenvalue weighted by atomic mass is 9.90. The van der Waals surface area contributed by atoms with Crippen LogP contribution in [0.5, 0.6) is 5.88 Å². The standard InChI is InChI=1S/C24H23ClF4N6O3/c1-3-13-7-12-8-20(36)32-34-22(12)19(4-2)35(13)23(37)30-18-10-15(25)14(9-16(18)26)17-5-6-21(33-31-17)38-11-24(27,28)29/h5-6,8-10,13,19H,3-4,7,11H2,1-2H3,(H,30,37)(H,32,36). The molecule has 1 aliphatic heterocycles. The molecule has 3 heterocycles. The summed E-state index contributed by atoms with van der Waals surface area (Å²) in [7, 11) is 0. The van der Waals surface area contributed by atoms with Crippen LogP contribution in [0.4, 0.5) is 28.0 Å². The number of rotatable bonds is 6. The smallest absolute Gasteiger partial charge is 0.422 e. The van der Waals surface area contributed by atoms with Crippen molar-refractivity contribution in [2.45, 2.75) is 51.4 Å². The first-order valence-electron chi connectivity index (χ1n) is 11.7. The number of benzene rings is 1. The number of nitrogens with one attached hydrogen (secondary N) is 2. The van der Waals surface area contributed by atoms with Crippen LogP contribution in [0.25, 0.3) is 11.3 Å². The zero-order valence-electron chi connectivity index (χ0n) is 20.3. The van der Waals surface area contributed by atoms with Gasteiger partial charge in [0.15, 0.2) is 6.61 Å². The van der Waals surface area contributed by atoms with E-state index in [9.17, 15) is 22.8 Å². The molecule has 2 amide bonds. The molecule has 1 aromatic carbocycles. The van der Waals surface area contributed by atoms with E-state index in [-0.39, 0.29) is 39.4 Å². The summed E-state index contributed by atoms with van der Waals surface area (Å²) in [4.78, 5) is 26.7. The Balaban J connectivity index is 1.55. The number of ether oxygens (including phenoxy) is 1. The number of carbonyl (C=O) groups is 1. The molecule has 0 spiro atoms. The highest BCUT2D eigenvalue weighted by Crippen LogP contribution is 2.36. The predicted octanol–water partition coefficient (Wildman–Crippen LogP) is 5.28. The first kappa shape index (κ1) is 27.3. The van der Waals surface area contributed by atoms with Crippen molar-refractivity contribution in [2.24, 2.45) is 0 Å². The summed E-state index contributed by atoms with van der Waals surface area (Å²) in [5.41, 5.74) is 1.07. The van der Waals surface area contributed by atoms with Crippen LogP contribution in [0.15, 0.2) is 35.1 Å². The van der Waals surface area contributed by atoms with Gasteiger partial charge in [-0.15, -0.1) is 10.2 Å². The topological polar surface area (TPSA) is 113 Å². The summed E-state index contributed by atoms with van der Waals surface area (Å²) in [5.74, 6) is -1.16. The van der Waals surface area contributed by atoms with Crippen LogP contribution in [0, 0.1) is 5.82 Å². The predicted molar refractivity (Wildman–Crippen MR) is 131 cm³/mol. The molecule has 2 atom stereocenters. The highest BCUT2D eigenvalue weighted by molar-refractivity contribution is 6.33. The molecule has 0 fully saturated rings. The Morgan fingerprint density at radius 3 is 2.61 bits per heavy atom. The third-order valence-electron chi connectivity index (χ3n) is 6.11. The van der Waals surface area contributed by atoms with Gasteiger partial charge in [0.05, 0.1) is 28.1 Å². The fourth-order valence-corrected chi connectivity index (χ4v) is 4.66. The molecule has 202 valence electrons. The van der Waals surface area contributed by atoms with Gasteiger partial charge in [-0.3, -0.25) is 4.79 Å². The molecule has 0 saturated heterocycles. The number of anilines is 1. The number of amides is 2. The summed E-state index contributed by atoms with van der Waals surface area (Å²) < 4.78 is 56.5. The SMILES string of the molecule is CCC1Cc2cc(=O)[nH]nc2C(CC)N1C(=O)Nc1cc(Cl)c(-c2ccc(OCC(F)(F)F)nn2)cc1F. The van der Waals surface area contributed by atoms with Gasteiger partial charge in [-0.2, -0.15) is 18.3 Å². The first-order chi connectivity index (χ1) is 18.0. The summed E-state index contributed by atoms with van der Waals surface area (Å²) in [5, 5.41) is 16.5. The third kappa shape index (κ3) is 5.87. The monoisotopic (exact) mass is 554 g/mol. The lowest BCUT2D eigenvalue weighted by Crippen LogP contribution is -2.49. The van der Waals surface area contributed by atoms with Gasteiger partial charge in [0.1, 0.15) is 5.82 Å². The van der Waals surface area contributed by atoms with Crippen molar-refractivity contribution in [1.82, 2.24) is 25.3 Å². The quantitative estimate of drug-likeness (QED) is 0.401. The number of carbonyl (C=O) groups excluding carboxylic acids is 1. The van der Waals surface area contributed by atoms with E-state index in [2.05, 4.69) is 30.4 Å². The van der Waals surface area contributed by atoms with Gasteiger partial charge in [0.2, 0.25) is 5.88 Å². The molecule has 0 bridgehead atoms.